The molecule has 1 aromatic rings. The van der Waals surface area contributed by atoms with Gasteiger partial charge in [-0.2, -0.15) is 0 Å². The van der Waals surface area contributed by atoms with Crippen LogP contribution >= 0.6 is 12.4 Å². The highest BCUT2D eigenvalue weighted by atomic mass is 35.5. The van der Waals surface area contributed by atoms with Crippen LogP contribution < -0.4 is 15.5 Å². The number of para-hydroxylation sites is 2. The summed E-state index contributed by atoms with van der Waals surface area (Å²) in [4.78, 5) is 28.2. The topological polar surface area (TPSA) is 64.7 Å². The molecule has 3 rings (SSSR count). The highest BCUT2D eigenvalue weighted by Crippen LogP contribution is 2.29. The average molecular weight is 339 g/mol. The number of carbonyl (C=O) groups excluding carboxylic acids is 2. The van der Waals surface area contributed by atoms with Crippen LogP contribution in [-0.2, 0) is 9.59 Å². The fourth-order valence-electron chi connectivity index (χ4n) is 3.17. The Labute approximate surface area is 142 Å². The van der Waals surface area contributed by atoms with Crippen LogP contribution in [0, 0.1) is 0 Å². The van der Waals surface area contributed by atoms with Gasteiger partial charge in [0, 0.05) is 12.6 Å². The first-order valence-electron chi connectivity index (χ1n) is 7.76. The lowest BCUT2D eigenvalue weighted by atomic mass is 10.1. The number of benzene rings is 1. The normalized spacial score (nSPS) is 21.2. The summed E-state index contributed by atoms with van der Waals surface area (Å²) < 4.78 is 0. The van der Waals surface area contributed by atoms with Gasteiger partial charge >= 0.3 is 0 Å². The number of fused-ring (bicyclic) bond motifs is 1. The van der Waals surface area contributed by atoms with Gasteiger partial charge in [-0.15, -0.1) is 12.4 Å². The summed E-state index contributed by atoms with van der Waals surface area (Å²) in [5.74, 6) is -0.155. The molecule has 0 spiro atoms. The van der Waals surface area contributed by atoms with Crippen LogP contribution in [0.15, 0.2) is 24.3 Å². The minimum atomic E-state index is -0.140. The molecule has 2 N–H and O–H groups in total. The van der Waals surface area contributed by atoms with Gasteiger partial charge in [0.1, 0.15) is 6.54 Å². The van der Waals surface area contributed by atoms with Crippen molar-refractivity contribution in [3.05, 3.63) is 24.3 Å². The predicted octanol–water partition coefficient (Wildman–Crippen LogP) is 1.08. The predicted molar refractivity (Wildman–Crippen MR) is 93.2 cm³/mol. The van der Waals surface area contributed by atoms with Crippen LogP contribution in [-0.4, -0.2) is 56.0 Å². The third-order valence-electron chi connectivity index (χ3n) is 4.34. The van der Waals surface area contributed by atoms with Gasteiger partial charge in [0.25, 0.3) is 0 Å². The zero-order valence-corrected chi connectivity index (χ0v) is 14.1. The molecule has 6 nitrogen and oxygen atoms in total. The average Bonchev–Trinajstić information content (AvgIpc) is 2.54. The van der Waals surface area contributed by atoms with E-state index in [1.807, 2.05) is 31.3 Å². The first-order valence-corrected chi connectivity index (χ1v) is 7.76. The van der Waals surface area contributed by atoms with Gasteiger partial charge in [-0.05, 0) is 38.6 Å². The number of rotatable bonds is 3. The van der Waals surface area contributed by atoms with Gasteiger partial charge in [0.05, 0.1) is 17.9 Å². The fourth-order valence-corrected chi connectivity index (χ4v) is 3.17. The van der Waals surface area contributed by atoms with Crippen LogP contribution in [0.1, 0.15) is 12.8 Å². The Morgan fingerprint density at radius 2 is 2.17 bits per heavy atom. The van der Waals surface area contributed by atoms with Crippen molar-refractivity contribution in [2.24, 2.45) is 0 Å². The molecule has 1 saturated heterocycles. The van der Waals surface area contributed by atoms with E-state index in [1.54, 1.807) is 4.90 Å². The second kappa shape index (κ2) is 7.77. The first kappa shape index (κ1) is 17.7. The maximum Gasteiger partial charge on any atom is 0.244 e. The van der Waals surface area contributed by atoms with E-state index < -0.39 is 0 Å². The molecule has 1 atom stereocenters. The smallest absolute Gasteiger partial charge is 0.244 e. The summed E-state index contributed by atoms with van der Waals surface area (Å²) >= 11 is 0. The van der Waals surface area contributed by atoms with Gasteiger partial charge in [0.2, 0.25) is 11.8 Å². The molecule has 2 heterocycles. The summed E-state index contributed by atoms with van der Waals surface area (Å²) in [6.45, 7) is 2.27. The number of carbonyl (C=O) groups is 2. The maximum absolute atomic E-state index is 12.7. The van der Waals surface area contributed by atoms with E-state index in [1.165, 1.54) is 0 Å². The van der Waals surface area contributed by atoms with Crippen LogP contribution in [0.4, 0.5) is 11.4 Å². The molecule has 0 radical (unpaired) electrons. The van der Waals surface area contributed by atoms with Crippen molar-refractivity contribution < 1.29 is 9.59 Å². The quantitative estimate of drug-likeness (QED) is 0.865. The van der Waals surface area contributed by atoms with Gasteiger partial charge < -0.3 is 10.6 Å². The first-order chi connectivity index (χ1) is 10.7. The lowest BCUT2D eigenvalue weighted by Gasteiger charge is -2.35. The molecule has 0 aliphatic carbocycles. The van der Waals surface area contributed by atoms with Crippen molar-refractivity contribution in [1.29, 1.82) is 0 Å². The Morgan fingerprint density at radius 1 is 1.39 bits per heavy atom. The standard InChI is InChI=1S/C16H22N4O2.ClH/c1-17-12-5-4-8-19(9-12)11-16(22)20-10-15(21)18-13-6-2-3-7-14(13)20;/h2-3,6-7,12,17H,4-5,8-11H2,1H3,(H,18,21);1H. The summed E-state index contributed by atoms with van der Waals surface area (Å²) in [5, 5.41) is 6.09. The SMILES string of the molecule is CNC1CCCN(CC(=O)N2CC(=O)Nc3ccccc32)C1.Cl. The number of nitrogens with one attached hydrogen (secondary N) is 2. The number of anilines is 2. The number of amides is 2. The largest absolute Gasteiger partial charge is 0.323 e. The monoisotopic (exact) mass is 338 g/mol. The van der Waals surface area contributed by atoms with Gasteiger partial charge in [-0.25, -0.2) is 0 Å². The van der Waals surface area contributed by atoms with Crippen molar-refractivity contribution in [2.45, 2.75) is 18.9 Å². The molecule has 2 aliphatic heterocycles. The minimum Gasteiger partial charge on any atom is -0.323 e. The lowest BCUT2D eigenvalue weighted by molar-refractivity contribution is -0.122. The lowest BCUT2D eigenvalue weighted by Crippen LogP contribution is -2.50. The van der Waals surface area contributed by atoms with E-state index in [9.17, 15) is 9.59 Å². The van der Waals surface area contributed by atoms with Gasteiger partial charge in [-0.3, -0.25) is 19.4 Å². The van der Waals surface area contributed by atoms with Crippen molar-refractivity contribution in [3.8, 4) is 0 Å². The molecule has 1 unspecified atom stereocenters. The molecule has 7 heteroatoms. The molecule has 0 saturated carbocycles. The zero-order valence-electron chi connectivity index (χ0n) is 13.2. The van der Waals surface area contributed by atoms with Crippen molar-refractivity contribution >= 4 is 35.6 Å². The third-order valence-corrected chi connectivity index (χ3v) is 4.34. The van der Waals surface area contributed by atoms with Crippen molar-refractivity contribution in [2.75, 3.05) is 43.4 Å². The number of hydrogen-bond acceptors (Lipinski definition) is 4. The van der Waals surface area contributed by atoms with Gasteiger partial charge in [-0.1, -0.05) is 12.1 Å². The van der Waals surface area contributed by atoms with Crippen LogP contribution in [0.25, 0.3) is 0 Å². The number of hydrogen-bond donors (Lipinski definition) is 2. The molecular weight excluding hydrogens is 316 g/mol. The minimum absolute atomic E-state index is 0. The van der Waals surface area contributed by atoms with E-state index in [2.05, 4.69) is 15.5 Å². The Kier molecular flexibility index (Phi) is 5.98. The van der Waals surface area contributed by atoms with Crippen LogP contribution in [0.2, 0.25) is 0 Å². The highest BCUT2D eigenvalue weighted by molar-refractivity contribution is 6.10. The van der Waals surface area contributed by atoms with E-state index in [-0.39, 0.29) is 30.8 Å². The third kappa shape index (κ3) is 4.02. The Balaban J connectivity index is 0.00000192. The Hall–Kier alpha value is -1.63. The molecule has 23 heavy (non-hydrogen) atoms. The van der Waals surface area contributed by atoms with E-state index >= 15 is 0 Å². The Bertz CT molecular complexity index is 581. The number of nitrogens with zero attached hydrogens (tertiary/aromatic N) is 2. The molecule has 1 fully saturated rings. The molecular formula is C16H23ClN4O2. The molecule has 2 amide bonds. The van der Waals surface area contributed by atoms with E-state index in [0.29, 0.717) is 18.3 Å². The number of halogens is 1. The molecule has 126 valence electrons. The molecule has 1 aromatic carbocycles. The van der Waals surface area contributed by atoms with Gasteiger partial charge in [0.15, 0.2) is 0 Å². The summed E-state index contributed by atoms with van der Waals surface area (Å²) in [6, 6.07) is 7.88. The van der Waals surface area contributed by atoms with Crippen LogP contribution in [0.3, 0.4) is 0 Å². The molecule has 2 aliphatic rings. The van der Waals surface area contributed by atoms with Crippen LogP contribution in [0.5, 0.6) is 0 Å². The number of likely N-dealkylation sites (tertiary alicyclic amines) is 1. The van der Waals surface area contributed by atoms with E-state index in [0.717, 1.165) is 31.6 Å². The summed E-state index contributed by atoms with van der Waals surface area (Å²) in [5.41, 5.74) is 1.49. The molecule has 0 bridgehead atoms. The van der Waals surface area contributed by atoms with Crippen molar-refractivity contribution in [1.82, 2.24) is 10.2 Å². The maximum atomic E-state index is 12.7. The van der Waals surface area contributed by atoms with Crippen molar-refractivity contribution in [3.63, 3.8) is 0 Å². The molecule has 0 aromatic heterocycles. The fraction of sp³-hybridized carbons (Fsp3) is 0.500. The number of likely N-dealkylation sites (N-methyl/N-ethyl adjacent to an activating group) is 1. The zero-order chi connectivity index (χ0) is 15.5. The second-order valence-electron chi connectivity index (χ2n) is 5.91. The van der Waals surface area contributed by atoms with E-state index in [4.69, 9.17) is 0 Å². The highest BCUT2D eigenvalue weighted by Gasteiger charge is 2.28. The summed E-state index contributed by atoms with van der Waals surface area (Å²) in [7, 11) is 1.96. The second-order valence-corrected chi connectivity index (χ2v) is 5.91. The Morgan fingerprint density at radius 3 is 2.96 bits per heavy atom. The number of piperidine rings is 1. The summed E-state index contributed by atoms with van der Waals surface area (Å²) in [6.07, 6.45) is 2.24.